The SMILES string of the molecule is C[NH+]1CCc2c(sc(N=Cc3ccccc3)c2C(=O)Nc2ccc(Cl)cc2)C1. The summed E-state index contributed by atoms with van der Waals surface area (Å²) in [5.41, 5.74) is 3.59. The molecule has 1 atom stereocenters. The van der Waals surface area contributed by atoms with Gasteiger partial charge >= 0.3 is 0 Å². The lowest BCUT2D eigenvalue weighted by Gasteiger charge is -2.19. The van der Waals surface area contributed by atoms with Crippen LogP contribution in [0.5, 0.6) is 0 Å². The minimum absolute atomic E-state index is 0.111. The van der Waals surface area contributed by atoms with Crippen molar-refractivity contribution in [1.82, 2.24) is 0 Å². The molecule has 0 bridgehead atoms. The number of thiophene rings is 1. The van der Waals surface area contributed by atoms with Gasteiger partial charge in [0.15, 0.2) is 0 Å². The molecule has 142 valence electrons. The smallest absolute Gasteiger partial charge is 0.259 e. The van der Waals surface area contributed by atoms with E-state index in [1.54, 1.807) is 23.5 Å². The third-order valence-corrected chi connectivity index (χ3v) is 6.19. The monoisotopic (exact) mass is 410 g/mol. The first-order valence-corrected chi connectivity index (χ1v) is 10.4. The third-order valence-electron chi connectivity index (χ3n) is 4.80. The van der Waals surface area contributed by atoms with E-state index in [4.69, 9.17) is 11.6 Å². The quantitative estimate of drug-likeness (QED) is 0.628. The van der Waals surface area contributed by atoms with Gasteiger partial charge in [-0.1, -0.05) is 41.9 Å². The summed E-state index contributed by atoms with van der Waals surface area (Å²) in [4.78, 5) is 20.5. The molecule has 0 saturated carbocycles. The number of quaternary nitrogens is 1. The average molecular weight is 411 g/mol. The zero-order valence-electron chi connectivity index (χ0n) is 15.5. The van der Waals surface area contributed by atoms with Crippen molar-refractivity contribution in [2.45, 2.75) is 13.0 Å². The maximum absolute atomic E-state index is 13.1. The van der Waals surface area contributed by atoms with Crippen LogP contribution in [0.25, 0.3) is 0 Å². The van der Waals surface area contributed by atoms with E-state index in [1.807, 2.05) is 48.7 Å². The topological polar surface area (TPSA) is 45.9 Å². The first kappa shape index (κ1) is 18.9. The normalized spacial score (nSPS) is 16.1. The van der Waals surface area contributed by atoms with E-state index in [-0.39, 0.29) is 5.91 Å². The number of anilines is 1. The van der Waals surface area contributed by atoms with Crippen molar-refractivity contribution in [3.8, 4) is 0 Å². The van der Waals surface area contributed by atoms with Crippen molar-refractivity contribution in [3.05, 3.63) is 81.2 Å². The molecule has 1 amide bonds. The minimum atomic E-state index is -0.111. The fourth-order valence-electron chi connectivity index (χ4n) is 3.33. The highest BCUT2D eigenvalue weighted by atomic mass is 35.5. The van der Waals surface area contributed by atoms with Gasteiger partial charge in [-0.15, -0.1) is 11.3 Å². The van der Waals surface area contributed by atoms with Crippen molar-refractivity contribution in [1.29, 1.82) is 0 Å². The number of amides is 1. The highest BCUT2D eigenvalue weighted by molar-refractivity contribution is 7.16. The lowest BCUT2D eigenvalue weighted by Crippen LogP contribution is -3.08. The largest absolute Gasteiger partial charge is 0.333 e. The Morgan fingerprint density at radius 2 is 1.93 bits per heavy atom. The highest BCUT2D eigenvalue weighted by Gasteiger charge is 2.28. The van der Waals surface area contributed by atoms with Crippen molar-refractivity contribution in [2.75, 3.05) is 18.9 Å². The predicted molar refractivity (Wildman–Crippen MR) is 117 cm³/mol. The molecule has 4 nitrogen and oxygen atoms in total. The molecule has 2 heterocycles. The fourth-order valence-corrected chi connectivity index (χ4v) is 4.76. The molecule has 0 saturated heterocycles. The Bertz CT molecular complexity index is 1010. The molecule has 2 aromatic carbocycles. The molecule has 0 fully saturated rings. The molecular weight excluding hydrogens is 390 g/mol. The number of hydrogen-bond acceptors (Lipinski definition) is 3. The fraction of sp³-hybridized carbons (Fsp3) is 0.182. The number of rotatable bonds is 4. The van der Waals surface area contributed by atoms with Gasteiger partial charge in [-0.25, -0.2) is 4.99 Å². The molecule has 0 aliphatic carbocycles. The zero-order valence-corrected chi connectivity index (χ0v) is 17.1. The minimum Gasteiger partial charge on any atom is -0.333 e. The number of carbonyl (C=O) groups is 1. The molecule has 28 heavy (non-hydrogen) atoms. The lowest BCUT2D eigenvalue weighted by atomic mass is 10.0. The molecule has 1 aromatic heterocycles. The Morgan fingerprint density at radius 3 is 2.68 bits per heavy atom. The van der Waals surface area contributed by atoms with E-state index < -0.39 is 0 Å². The molecule has 0 radical (unpaired) electrons. The second-order valence-electron chi connectivity index (χ2n) is 6.95. The Balaban J connectivity index is 1.68. The summed E-state index contributed by atoms with van der Waals surface area (Å²) < 4.78 is 0. The summed E-state index contributed by atoms with van der Waals surface area (Å²) in [6, 6.07) is 17.1. The summed E-state index contributed by atoms with van der Waals surface area (Å²) in [6.07, 6.45) is 2.72. The van der Waals surface area contributed by atoms with Gasteiger partial charge in [-0.3, -0.25) is 4.79 Å². The molecule has 1 unspecified atom stereocenters. The summed E-state index contributed by atoms with van der Waals surface area (Å²) in [7, 11) is 2.18. The second-order valence-corrected chi connectivity index (χ2v) is 8.47. The van der Waals surface area contributed by atoms with E-state index in [0.717, 1.165) is 41.3 Å². The number of benzene rings is 2. The van der Waals surface area contributed by atoms with Crippen LogP contribution in [0.15, 0.2) is 59.6 Å². The van der Waals surface area contributed by atoms with Crippen LogP contribution in [0.4, 0.5) is 10.7 Å². The number of fused-ring (bicyclic) bond motifs is 1. The van der Waals surface area contributed by atoms with E-state index in [1.165, 1.54) is 9.78 Å². The Kier molecular flexibility index (Phi) is 5.57. The number of nitrogens with one attached hydrogen (secondary N) is 2. The standard InChI is InChI=1S/C22H20ClN3OS/c1-26-12-11-18-19(14-26)28-22(24-13-15-5-3-2-4-6-15)20(18)21(27)25-17-9-7-16(23)8-10-17/h2-10,13H,11-12,14H2,1H3,(H,25,27)/p+1. The summed E-state index contributed by atoms with van der Waals surface area (Å²) in [5, 5.41) is 4.42. The molecule has 1 aliphatic heterocycles. The van der Waals surface area contributed by atoms with E-state index in [2.05, 4.69) is 17.4 Å². The van der Waals surface area contributed by atoms with Crippen LogP contribution in [-0.2, 0) is 13.0 Å². The number of halogens is 1. The molecule has 6 heteroatoms. The van der Waals surface area contributed by atoms with Crippen LogP contribution in [0, 0.1) is 0 Å². The van der Waals surface area contributed by atoms with Crippen molar-refractivity contribution < 1.29 is 9.69 Å². The molecule has 0 spiro atoms. The number of carbonyl (C=O) groups excluding carboxylic acids is 1. The number of nitrogens with zero attached hydrogens (tertiary/aromatic N) is 1. The molecule has 2 N–H and O–H groups in total. The van der Waals surface area contributed by atoms with Gasteiger partial charge in [0.05, 0.1) is 24.0 Å². The van der Waals surface area contributed by atoms with Crippen molar-refractivity contribution in [2.24, 2.45) is 4.99 Å². The van der Waals surface area contributed by atoms with Crippen LogP contribution in [-0.4, -0.2) is 25.7 Å². The number of hydrogen-bond donors (Lipinski definition) is 2. The highest BCUT2D eigenvalue weighted by Crippen LogP contribution is 2.37. The first-order valence-electron chi connectivity index (χ1n) is 9.22. The van der Waals surface area contributed by atoms with Gasteiger partial charge in [0, 0.05) is 23.3 Å². The third kappa shape index (κ3) is 4.17. The molecule has 3 aromatic rings. The Morgan fingerprint density at radius 1 is 1.18 bits per heavy atom. The average Bonchev–Trinajstić information content (AvgIpc) is 3.06. The van der Waals surface area contributed by atoms with Gasteiger partial charge in [-0.2, -0.15) is 0 Å². The van der Waals surface area contributed by atoms with Gasteiger partial charge in [0.25, 0.3) is 5.91 Å². The van der Waals surface area contributed by atoms with Gasteiger partial charge in [0.2, 0.25) is 0 Å². The van der Waals surface area contributed by atoms with Gasteiger partial charge in [-0.05, 0) is 35.4 Å². The van der Waals surface area contributed by atoms with Gasteiger partial charge < -0.3 is 10.2 Å². The number of aliphatic imine (C=N–C) groups is 1. The van der Waals surface area contributed by atoms with Crippen LogP contribution >= 0.6 is 22.9 Å². The maximum atomic E-state index is 13.1. The zero-order chi connectivity index (χ0) is 19.5. The summed E-state index contributed by atoms with van der Waals surface area (Å²) in [6.45, 7) is 1.95. The molecule has 4 rings (SSSR count). The Hall–Kier alpha value is -2.47. The van der Waals surface area contributed by atoms with E-state index in [0.29, 0.717) is 10.6 Å². The van der Waals surface area contributed by atoms with Gasteiger partial charge in [0.1, 0.15) is 11.5 Å². The van der Waals surface area contributed by atoms with Crippen LogP contribution in [0.3, 0.4) is 0 Å². The molecular formula is C22H21ClN3OS+. The Labute approximate surface area is 173 Å². The summed E-state index contributed by atoms with van der Waals surface area (Å²) in [5.74, 6) is -0.111. The molecule has 1 aliphatic rings. The van der Waals surface area contributed by atoms with Crippen LogP contribution in [0.1, 0.15) is 26.4 Å². The van der Waals surface area contributed by atoms with Crippen LogP contribution in [0.2, 0.25) is 5.02 Å². The summed E-state index contributed by atoms with van der Waals surface area (Å²) >= 11 is 7.57. The number of likely N-dealkylation sites (N-methyl/N-ethyl adjacent to an activating group) is 1. The predicted octanol–water partition coefficient (Wildman–Crippen LogP) is 3.98. The lowest BCUT2D eigenvalue weighted by molar-refractivity contribution is -0.895. The van der Waals surface area contributed by atoms with E-state index >= 15 is 0 Å². The van der Waals surface area contributed by atoms with E-state index in [9.17, 15) is 4.79 Å². The van der Waals surface area contributed by atoms with Crippen LogP contribution < -0.4 is 10.2 Å². The maximum Gasteiger partial charge on any atom is 0.259 e. The van der Waals surface area contributed by atoms with Crippen molar-refractivity contribution >= 4 is 45.7 Å². The van der Waals surface area contributed by atoms with Crippen molar-refractivity contribution in [3.63, 3.8) is 0 Å². The second kappa shape index (κ2) is 8.27. The first-order chi connectivity index (χ1) is 13.6.